The third-order valence-electron chi connectivity index (χ3n) is 3.48. The lowest BCUT2D eigenvalue weighted by Gasteiger charge is -2.18. The molecule has 0 saturated heterocycles. The number of pyridine rings is 1. The smallest absolute Gasteiger partial charge is 0.358 e. The molecule has 0 aliphatic rings. The molecule has 146 valence electrons. The molecule has 0 atom stereocenters. The summed E-state index contributed by atoms with van der Waals surface area (Å²) in [4.78, 5) is 32.6. The molecule has 0 aromatic carbocycles. The number of aromatic nitrogens is 2. The maximum Gasteiger partial charge on any atom is 0.358 e. The Morgan fingerprint density at radius 3 is 2.74 bits per heavy atom. The zero-order valence-electron chi connectivity index (χ0n) is 16.2. The minimum Gasteiger partial charge on any atom is -0.455 e. The van der Waals surface area contributed by atoms with Gasteiger partial charge in [-0.1, -0.05) is 0 Å². The van der Waals surface area contributed by atoms with Gasteiger partial charge in [0.2, 0.25) is 5.91 Å². The highest BCUT2D eigenvalue weighted by Gasteiger charge is 2.20. The van der Waals surface area contributed by atoms with Crippen LogP contribution in [0.5, 0.6) is 0 Å². The van der Waals surface area contributed by atoms with Gasteiger partial charge in [0.25, 0.3) is 0 Å². The Kier molecular flexibility index (Phi) is 7.44. The summed E-state index contributed by atoms with van der Waals surface area (Å²) in [5.41, 5.74) is 1.42. The van der Waals surface area contributed by atoms with Crippen LogP contribution in [0.3, 0.4) is 0 Å². The molecule has 2 heterocycles. The van der Waals surface area contributed by atoms with Gasteiger partial charge in [0, 0.05) is 42.3 Å². The third kappa shape index (κ3) is 7.07. The molecule has 0 radical (unpaired) electrons. The van der Waals surface area contributed by atoms with Crippen molar-refractivity contribution in [3.63, 3.8) is 0 Å². The van der Waals surface area contributed by atoms with Gasteiger partial charge < -0.3 is 15.4 Å². The molecule has 0 saturated carbocycles. The Morgan fingerprint density at radius 1 is 1.26 bits per heavy atom. The number of ether oxygens (including phenoxy) is 1. The Balaban J connectivity index is 1.99. The Bertz CT molecular complexity index is 783. The molecule has 8 heteroatoms. The van der Waals surface area contributed by atoms with Gasteiger partial charge in [-0.25, -0.2) is 9.78 Å². The predicted octanol–water partition coefficient (Wildman–Crippen LogP) is 2.43. The lowest BCUT2D eigenvalue weighted by molar-refractivity contribution is -0.121. The Morgan fingerprint density at radius 2 is 2.04 bits per heavy atom. The van der Waals surface area contributed by atoms with Crippen LogP contribution in [0.1, 0.15) is 43.4 Å². The van der Waals surface area contributed by atoms with Crippen LogP contribution in [-0.4, -0.2) is 47.6 Å². The fourth-order valence-corrected chi connectivity index (χ4v) is 3.02. The van der Waals surface area contributed by atoms with E-state index < -0.39 is 11.6 Å². The molecule has 0 spiro atoms. The first-order valence-electron chi connectivity index (χ1n) is 8.84. The molecule has 0 unspecified atom stereocenters. The molecule has 7 nitrogen and oxygen atoms in total. The number of hydrogen-bond donors (Lipinski definition) is 2. The summed E-state index contributed by atoms with van der Waals surface area (Å²) < 4.78 is 5.35. The molecular formula is C19H26N4O3S. The van der Waals surface area contributed by atoms with E-state index >= 15 is 0 Å². The zero-order valence-corrected chi connectivity index (χ0v) is 17.0. The highest BCUT2D eigenvalue weighted by atomic mass is 32.1. The molecule has 0 aliphatic carbocycles. The molecule has 2 aromatic heterocycles. The third-order valence-corrected chi connectivity index (χ3v) is 4.37. The number of carbonyl (C=O) groups excluding carboxylic acids is 2. The van der Waals surface area contributed by atoms with Gasteiger partial charge in [-0.15, -0.1) is 11.3 Å². The SMILES string of the molecule is CNCCNC(=O)CCc1cc(-c2nc(C(=O)OC(C)(C)C)cs2)ccn1. The van der Waals surface area contributed by atoms with Crippen molar-refractivity contribution < 1.29 is 14.3 Å². The number of rotatable bonds is 8. The van der Waals surface area contributed by atoms with Crippen molar-refractivity contribution in [3.05, 3.63) is 35.1 Å². The van der Waals surface area contributed by atoms with Crippen molar-refractivity contribution in [2.45, 2.75) is 39.2 Å². The van der Waals surface area contributed by atoms with Crippen molar-refractivity contribution in [1.82, 2.24) is 20.6 Å². The number of thiazole rings is 1. The van der Waals surface area contributed by atoms with Gasteiger partial charge in [-0.2, -0.15) is 0 Å². The summed E-state index contributed by atoms with van der Waals surface area (Å²) in [6.07, 6.45) is 2.61. The van der Waals surface area contributed by atoms with Crippen molar-refractivity contribution in [3.8, 4) is 10.6 Å². The molecule has 2 N–H and O–H groups in total. The quantitative estimate of drug-likeness (QED) is 0.531. The lowest BCUT2D eigenvalue weighted by Crippen LogP contribution is -2.30. The molecule has 27 heavy (non-hydrogen) atoms. The van der Waals surface area contributed by atoms with Gasteiger partial charge in [0.15, 0.2) is 5.69 Å². The lowest BCUT2D eigenvalue weighted by atomic mass is 10.1. The number of nitrogens with one attached hydrogen (secondary N) is 2. The van der Waals surface area contributed by atoms with Gasteiger partial charge in [0.05, 0.1) is 0 Å². The average molecular weight is 391 g/mol. The van der Waals surface area contributed by atoms with Crippen LogP contribution in [0, 0.1) is 0 Å². The first-order valence-corrected chi connectivity index (χ1v) is 9.72. The summed E-state index contributed by atoms with van der Waals surface area (Å²) in [7, 11) is 1.84. The van der Waals surface area contributed by atoms with Crippen LogP contribution in [0.15, 0.2) is 23.7 Å². The average Bonchev–Trinajstić information content (AvgIpc) is 3.09. The van der Waals surface area contributed by atoms with Crippen molar-refractivity contribution in [2.24, 2.45) is 0 Å². The molecule has 0 aliphatic heterocycles. The number of amides is 1. The number of nitrogens with zero attached hydrogens (tertiary/aromatic N) is 2. The topological polar surface area (TPSA) is 93.2 Å². The standard InChI is InChI=1S/C19H26N4O3S/c1-19(2,3)26-18(25)15-12-27-17(23-15)13-7-8-21-14(11-13)5-6-16(24)22-10-9-20-4/h7-8,11-12,20H,5-6,9-10H2,1-4H3,(H,22,24). The van der Waals surface area contributed by atoms with E-state index in [0.717, 1.165) is 22.8 Å². The fourth-order valence-electron chi connectivity index (χ4n) is 2.24. The van der Waals surface area contributed by atoms with Crippen LogP contribution in [0.25, 0.3) is 10.6 Å². The van der Waals surface area contributed by atoms with E-state index in [0.29, 0.717) is 25.1 Å². The minimum absolute atomic E-state index is 0.00101. The van der Waals surface area contributed by atoms with Crippen LogP contribution in [0.4, 0.5) is 0 Å². The van der Waals surface area contributed by atoms with Crippen molar-refractivity contribution in [1.29, 1.82) is 0 Å². The predicted molar refractivity (Wildman–Crippen MR) is 106 cm³/mol. The second-order valence-electron chi connectivity index (χ2n) is 7.03. The van der Waals surface area contributed by atoms with E-state index in [1.807, 2.05) is 40.0 Å². The number of likely N-dealkylation sites (N-methyl/N-ethyl adjacent to an activating group) is 1. The maximum atomic E-state index is 12.1. The first kappa shape index (κ1) is 21.0. The number of hydrogen-bond acceptors (Lipinski definition) is 7. The largest absolute Gasteiger partial charge is 0.455 e. The highest BCUT2D eigenvalue weighted by Crippen LogP contribution is 2.25. The summed E-state index contributed by atoms with van der Waals surface area (Å²) in [5.74, 6) is -0.434. The normalized spacial score (nSPS) is 11.3. The monoisotopic (exact) mass is 390 g/mol. The van der Waals surface area contributed by atoms with E-state index in [-0.39, 0.29) is 5.91 Å². The first-order chi connectivity index (χ1) is 12.8. The van der Waals surface area contributed by atoms with E-state index in [1.54, 1.807) is 11.6 Å². The van der Waals surface area contributed by atoms with E-state index in [9.17, 15) is 9.59 Å². The number of esters is 1. The number of aryl methyl sites for hydroxylation is 1. The van der Waals surface area contributed by atoms with Gasteiger partial charge in [-0.3, -0.25) is 9.78 Å². The molecule has 0 bridgehead atoms. The molecule has 2 rings (SSSR count). The Hall–Kier alpha value is -2.32. The second-order valence-corrected chi connectivity index (χ2v) is 7.89. The highest BCUT2D eigenvalue weighted by molar-refractivity contribution is 7.13. The fraction of sp³-hybridized carbons (Fsp3) is 0.474. The van der Waals surface area contributed by atoms with Crippen LogP contribution in [0.2, 0.25) is 0 Å². The van der Waals surface area contributed by atoms with Gasteiger partial charge >= 0.3 is 5.97 Å². The molecule has 1 amide bonds. The summed E-state index contributed by atoms with van der Waals surface area (Å²) in [6.45, 7) is 6.81. The molecular weight excluding hydrogens is 364 g/mol. The van der Waals surface area contributed by atoms with E-state index in [2.05, 4.69) is 20.6 Å². The van der Waals surface area contributed by atoms with Crippen LogP contribution < -0.4 is 10.6 Å². The van der Waals surface area contributed by atoms with Crippen molar-refractivity contribution >= 4 is 23.2 Å². The molecule has 2 aromatic rings. The maximum absolute atomic E-state index is 12.1. The van der Waals surface area contributed by atoms with E-state index in [1.165, 1.54) is 11.3 Å². The minimum atomic E-state index is -0.557. The summed E-state index contributed by atoms with van der Waals surface area (Å²) in [6, 6.07) is 3.74. The van der Waals surface area contributed by atoms with E-state index in [4.69, 9.17) is 4.74 Å². The van der Waals surface area contributed by atoms with Gasteiger partial charge in [0.1, 0.15) is 10.6 Å². The molecule has 0 fully saturated rings. The Labute approximate surface area is 163 Å². The van der Waals surface area contributed by atoms with Crippen LogP contribution >= 0.6 is 11.3 Å². The van der Waals surface area contributed by atoms with Crippen molar-refractivity contribution in [2.75, 3.05) is 20.1 Å². The van der Waals surface area contributed by atoms with Crippen LogP contribution in [-0.2, 0) is 16.0 Å². The number of carbonyl (C=O) groups is 2. The zero-order chi connectivity index (χ0) is 19.9. The summed E-state index contributed by atoms with van der Waals surface area (Å²) >= 11 is 1.38. The van der Waals surface area contributed by atoms with Gasteiger partial charge in [-0.05, 0) is 46.4 Å². The second kappa shape index (κ2) is 9.57. The summed E-state index contributed by atoms with van der Waals surface area (Å²) in [5, 5.41) is 8.24.